The third-order valence-electron chi connectivity index (χ3n) is 3.32. The maximum Gasteiger partial charge on any atom is 0.118 e. The number of benzene rings is 1. The number of aliphatic hydroxyl groups is 1. The average Bonchev–Trinajstić information content (AvgIpc) is 2.89. The van der Waals surface area contributed by atoms with E-state index in [9.17, 15) is 5.11 Å². The van der Waals surface area contributed by atoms with Crippen LogP contribution in [0.4, 0.5) is 0 Å². The van der Waals surface area contributed by atoms with Crippen molar-refractivity contribution in [1.29, 1.82) is 0 Å². The molecule has 1 aromatic carbocycles. The van der Waals surface area contributed by atoms with Crippen molar-refractivity contribution in [2.24, 2.45) is 7.05 Å². The van der Waals surface area contributed by atoms with Crippen molar-refractivity contribution >= 4 is 0 Å². The summed E-state index contributed by atoms with van der Waals surface area (Å²) in [5.74, 6) is 0.796. The van der Waals surface area contributed by atoms with E-state index in [4.69, 9.17) is 4.74 Å². The number of ether oxygens (including phenoxy) is 1. The predicted molar refractivity (Wildman–Crippen MR) is 77.7 cm³/mol. The summed E-state index contributed by atoms with van der Waals surface area (Å²) in [5.41, 5.74) is 2.07. The van der Waals surface area contributed by atoms with Gasteiger partial charge < -0.3 is 15.2 Å². The molecule has 1 aromatic heterocycles. The molecule has 0 aliphatic heterocycles. The molecule has 20 heavy (non-hydrogen) atoms. The van der Waals surface area contributed by atoms with Gasteiger partial charge in [0.1, 0.15) is 5.75 Å². The number of methoxy groups -OCH3 is 1. The van der Waals surface area contributed by atoms with Crippen molar-refractivity contribution in [3.8, 4) is 5.75 Å². The van der Waals surface area contributed by atoms with E-state index in [1.54, 1.807) is 13.3 Å². The Balaban J connectivity index is 1.74. The third kappa shape index (κ3) is 3.82. The SMILES string of the molecule is COc1ccc(C(O)CNCCc2ccnn2C)cc1. The summed E-state index contributed by atoms with van der Waals surface area (Å²) in [5, 5.41) is 17.5. The minimum absolute atomic E-state index is 0.507. The summed E-state index contributed by atoms with van der Waals surface area (Å²) in [6.45, 7) is 1.34. The first kappa shape index (κ1) is 14.6. The maximum atomic E-state index is 10.1. The van der Waals surface area contributed by atoms with Gasteiger partial charge in [-0.3, -0.25) is 4.68 Å². The van der Waals surface area contributed by atoms with Gasteiger partial charge >= 0.3 is 0 Å². The Hall–Kier alpha value is -1.85. The first-order valence-electron chi connectivity index (χ1n) is 6.70. The van der Waals surface area contributed by atoms with Gasteiger partial charge in [-0.15, -0.1) is 0 Å². The van der Waals surface area contributed by atoms with Crippen LogP contribution in [0.2, 0.25) is 0 Å². The molecule has 0 saturated heterocycles. The van der Waals surface area contributed by atoms with Crippen LogP contribution in [0.25, 0.3) is 0 Å². The van der Waals surface area contributed by atoms with Crippen molar-refractivity contribution in [3.05, 3.63) is 47.8 Å². The van der Waals surface area contributed by atoms with Crippen molar-refractivity contribution in [2.75, 3.05) is 20.2 Å². The Morgan fingerprint density at radius 2 is 2.05 bits per heavy atom. The predicted octanol–water partition coefficient (Wildman–Crippen LogP) is 1.29. The molecule has 0 spiro atoms. The van der Waals surface area contributed by atoms with Gasteiger partial charge in [0.2, 0.25) is 0 Å². The standard InChI is InChI=1S/C15H21N3O2/c1-18-13(8-10-17-18)7-9-16-11-15(19)12-3-5-14(20-2)6-4-12/h3-6,8,10,15-16,19H,7,9,11H2,1-2H3. The first-order chi connectivity index (χ1) is 9.70. The molecule has 0 aliphatic rings. The van der Waals surface area contributed by atoms with Gasteiger partial charge in [-0.1, -0.05) is 12.1 Å². The van der Waals surface area contributed by atoms with E-state index in [1.165, 1.54) is 5.69 Å². The van der Waals surface area contributed by atoms with Crippen molar-refractivity contribution in [2.45, 2.75) is 12.5 Å². The van der Waals surface area contributed by atoms with Gasteiger partial charge in [0.15, 0.2) is 0 Å². The van der Waals surface area contributed by atoms with E-state index in [-0.39, 0.29) is 0 Å². The van der Waals surface area contributed by atoms with Gasteiger partial charge in [0.25, 0.3) is 0 Å². The zero-order chi connectivity index (χ0) is 14.4. The number of hydrogen-bond acceptors (Lipinski definition) is 4. The Kier molecular flexibility index (Phi) is 5.15. The smallest absolute Gasteiger partial charge is 0.118 e. The lowest BCUT2D eigenvalue weighted by molar-refractivity contribution is 0.175. The second kappa shape index (κ2) is 7.07. The maximum absolute atomic E-state index is 10.1. The van der Waals surface area contributed by atoms with Crippen LogP contribution in [0.5, 0.6) is 5.75 Å². The van der Waals surface area contributed by atoms with Gasteiger partial charge in [-0.25, -0.2) is 0 Å². The van der Waals surface area contributed by atoms with E-state index < -0.39 is 6.10 Å². The summed E-state index contributed by atoms with van der Waals surface area (Å²) in [6, 6.07) is 9.47. The van der Waals surface area contributed by atoms with Crippen LogP contribution in [-0.4, -0.2) is 35.1 Å². The van der Waals surface area contributed by atoms with E-state index >= 15 is 0 Å². The molecule has 1 atom stereocenters. The average molecular weight is 275 g/mol. The molecule has 0 amide bonds. The first-order valence-corrected chi connectivity index (χ1v) is 6.70. The second-order valence-corrected chi connectivity index (χ2v) is 4.69. The molecule has 0 aliphatic carbocycles. The van der Waals surface area contributed by atoms with Crippen molar-refractivity contribution < 1.29 is 9.84 Å². The highest BCUT2D eigenvalue weighted by Gasteiger charge is 2.07. The van der Waals surface area contributed by atoms with Crippen LogP contribution in [0.15, 0.2) is 36.5 Å². The highest BCUT2D eigenvalue weighted by Crippen LogP contribution is 2.16. The van der Waals surface area contributed by atoms with Gasteiger partial charge in [-0.2, -0.15) is 5.10 Å². The summed E-state index contributed by atoms with van der Waals surface area (Å²) >= 11 is 0. The number of aromatic nitrogens is 2. The molecule has 2 aromatic rings. The van der Waals surface area contributed by atoms with E-state index in [2.05, 4.69) is 10.4 Å². The lowest BCUT2D eigenvalue weighted by Gasteiger charge is -2.12. The molecule has 108 valence electrons. The van der Waals surface area contributed by atoms with Crippen LogP contribution in [0, 0.1) is 0 Å². The summed E-state index contributed by atoms with van der Waals surface area (Å²) < 4.78 is 6.96. The summed E-state index contributed by atoms with van der Waals surface area (Å²) in [4.78, 5) is 0. The molecule has 0 fully saturated rings. The fourth-order valence-electron chi connectivity index (χ4n) is 2.05. The number of aryl methyl sites for hydroxylation is 1. The van der Waals surface area contributed by atoms with Crippen LogP contribution in [0.1, 0.15) is 17.4 Å². The fraction of sp³-hybridized carbons (Fsp3) is 0.400. The largest absolute Gasteiger partial charge is 0.497 e. The summed E-state index contributed by atoms with van der Waals surface area (Å²) in [6.07, 6.45) is 2.18. The minimum Gasteiger partial charge on any atom is -0.497 e. The molecule has 1 unspecified atom stereocenters. The zero-order valence-electron chi connectivity index (χ0n) is 11.9. The molecular weight excluding hydrogens is 254 g/mol. The topological polar surface area (TPSA) is 59.3 Å². The van der Waals surface area contributed by atoms with Gasteiger partial charge in [0, 0.05) is 38.4 Å². The third-order valence-corrected chi connectivity index (χ3v) is 3.32. The molecule has 1 heterocycles. The van der Waals surface area contributed by atoms with E-state index in [0.717, 1.165) is 24.3 Å². The lowest BCUT2D eigenvalue weighted by atomic mass is 10.1. The number of nitrogens with one attached hydrogen (secondary N) is 1. The number of aliphatic hydroxyl groups excluding tert-OH is 1. The van der Waals surface area contributed by atoms with Crippen LogP contribution in [0.3, 0.4) is 0 Å². The molecule has 5 heteroatoms. The number of rotatable bonds is 7. The van der Waals surface area contributed by atoms with Crippen molar-refractivity contribution in [1.82, 2.24) is 15.1 Å². The van der Waals surface area contributed by atoms with E-state index in [1.807, 2.05) is 42.1 Å². The minimum atomic E-state index is -0.507. The second-order valence-electron chi connectivity index (χ2n) is 4.69. The normalized spacial score (nSPS) is 12.3. The van der Waals surface area contributed by atoms with E-state index in [0.29, 0.717) is 6.54 Å². The Morgan fingerprint density at radius 3 is 2.65 bits per heavy atom. The van der Waals surface area contributed by atoms with Gasteiger partial charge in [0.05, 0.1) is 13.2 Å². The fourth-order valence-corrected chi connectivity index (χ4v) is 2.05. The van der Waals surface area contributed by atoms with Crippen LogP contribution >= 0.6 is 0 Å². The molecule has 0 bridgehead atoms. The highest BCUT2D eigenvalue weighted by molar-refractivity contribution is 5.28. The Labute approximate surface area is 119 Å². The molecular formula is C15H21N3O2. The number of hydrogen-bond donors (Lipinski definition) is 2. The van der Waals surface area contributed by atoms with Gasteiger partial charge in [-0.05, 0) is 23.8 Å². The number of nitrogens with zero attached hydrogens (tertiary/aromatic N) is 2. The quantitative estimate of drug-likeness (QED) is 0.748. The van der Waals surface area contributed by atoms with Crippen LogP contribution in [-0.2, 0) is 13.5 Å². The monoisotopic (exact) mass is 275 g/mol. The Bertz CT molecular complexity index is 522. The molecule has 0 saturated carbocycles. The van der Waals surface area contributed by atoms with Crippen molar-refractivity contribution in [3.63, 3.8) is 0 Å². The molecule has 2 rings (SSSR count). The van der Waals surface area contributed by atoms with Crippen LogP contribution < -0.4 is 10.1 Å². The summed E-state index contributed by atoms with van der Waals surface area (Å²) in [7, 11) is 3.56. The molecule has 0 radical (unpaired) electrons. The molecule has 5 nitrogen and oxygen atoms in total. The highest BCUT2D eigenvalue weighted by atomic mass is 16.5. The molecule has 2 N–H and O–H groups in total. The Morgan fingerprint density at radius 1 is 1.30 bits per heavy atom. The lowest BCUT2D eigenvalue weighted by Crippen LogP contribution is -2.24. The zero-order valence-corrected chi connectivity index (χ0v) is 11.9.